The van der Waals surface area contributed by atoms with Crippen LogP contribution in [0, 0.1) is 0 Å². The summed E-state index contributed by atoms with van der Waals surface area (Å²) in [7, 11) is 0. The van der Waals surface area contributed by atoms with Gasteiger partial charge in [0.15, 0.2) is 0 Å². The summed E-state index contributed by atoms with van der Waals surface area (Å²) in [6.45, 7) is 5.10. The van der Waals surface area contributed by atoms with Crippen molar-refractivity contribution in [2.24, 2.45) is 0 Å². The molecule has 2 nitrogen and oxygen atoms in total. The van der Waals surface area contributed by atoms with Gasteiger partial charge in [-0.05, 0) is 37.0 Å². The van der Waals surface area contributed by atoms with Crippen molar-refractivity contribution in [3.8, 4) is 0 Å². The molecule has 0 atom stereocenters. The quantitative estimate of drug-likeness (QED) is 0.737. The van der Waals surface area contributed by atoms with E-state index in [-0.39, 0.29) is 0 Å². The normalized spacial score (nSPS) is 16.5. The molecule has 0 aliphatic carbocycles. The molecule has 14 heavy (non-hydrogen) atoms. The summed E-state index contributed by atoms with van der Waals surface area (Å²) in [6, 6.07) is 6.16. The fourth-order valence-electron chi connectivity index (χ4n) is 1.75. The first-order valence-corrected chi connectivity index (χ1v) is 5.00. The summed E-state index contributed by atoms with van der Waals surface area (Å²) in [5, 5.41) is 9.85. The fraction of sp³-hybridized carbons (Fsp3) is 0.500. The molecule has 0 bridgehead atoms. The number of fused-ring (bicyclic) bond motifs is 1. The average molecular weight is 192 g/mol. The van der Waals surface area contributed by atoms with Crippen molar-refractivity contribution in [3.05, 3.63) is 34.9 Å². The van der Waals surface area contributed by atoms with Crippen molar-refractivity contribution in [3.63, 3.8) is 0 Å². The van der Waals surface area contributed by atoms with Gasteiger partial charge in [-0.2, -0.15) is 0 Å². The Kier molecular flexibility index (Phi) is 2.33. The van der Waals surface area contributed by atoms with Gasteiger partial charge < -0.3 is 9.84 Å². The molecule has 1 aromatic carbocycles. The molecule has 0 saturated heterocycles. The van der Waals surface area contributed by atoms with E-state index in [4.69, 9.17) is 4.74 Å². The van der Waals surface area contributed by atoms with E-state index in [1.165, 1.54) is 11.1 Å². The van der Waals surface area contributed by atoms with E-state index in [0.717, 1.165) is 18.6 Å². The molecule has 1 heterocycles. The van der Waals surface area contributed by atoms with E-state index in [9.17, 15) is 5.11 Å². The number of rotatable bonds is 1. The SMILES string of the molecule is CC(C)(O)c1ccc2c(c1)COCC2. The number of hydrogen-bond donors (Lipinski definition) is 1. The molecule has 0 spiro atoms. The maximum atomic E-state index is 9.85. The van der Waals surface area contributed by atoms with Crippen molar-refractivity contribution < 1.29 is 9.84 Å². The topological polar surface area (TPSA) is 29.5 Å². The molecule has 1 aliphatic heterocycles. The van der Waals surface area contributed by atoms with E-state index in [0.29, 0.717) is 6.61 Å². The highest BCUT2D eigenvalue weighted by molar-refractivity contribution is 5.35. The van der Waals surface area contributed by atoms with Gasteiger partial charge in [-0.1, -0.05) is 18.2 Å². The molecule has 0 fully saturated rings. The van der Waals surface area contributed by atoms with E-state index in [2.05, 4.69) is 12.1 Å². The zero-order chi connectivity index (χ0) is 10.2. The van der Waals surface area contributed by atoms with Gasteiger partial charge in [-0.25, -0.2) is 0 Å². The first-order chi connectivity index (χ1) is 6.57. The molecule has 2 rings (SSSR count). The Morgan fingerprint density at radius 3 is 2.79 bits per heavy atom. The Bertz CT molecular complexity index is 337. The van der Waals surface area contributed by atoms with Crippen molar-refractivity contribution in [1.82, 2.24) is 0 Å². The van der Waals surface area contributed by atoms with Crippen LogP contribution in [0.3, 0.4) is 0 Å². The van der Waals surface area contributed by atoms with Crippen LogP contribution in [0.15, 0.2) is 18.2 Å². The Hall–Kier alpha value is -0.860. The van der Waals surface area contributed by atoms with Gasteiger partial charge in [0.25, 0.3) is 0 Å². The summed E-state index contributed by atoms with van der Waals surface area (Å²) in [5.41, 5.74) is 2.77. The zero-order valence-corrected chi connectivity index (χ0v) is 8.71. The Morgan fingerprint density at radius 2 is 2.07 bits per heavy atom. The van der Waals surface area contributed by atoms with Gasteiger partial charge >= 0.3 is 0 Å². The second-order valence-electron chi connectivity index (χ2n) is 4.35. The number of aliphatic hydroxyl groups is 1. The Labute approximate surface area is 84.5 Å². The third-order valence-electron chi connectivity index (χ3n) is 2.69. The minimum Gasteiger partial charge on any atom is -0.386 e. The van der Waals surface area contributed by atoms with Crippen molar-refractivity contribution in [1.29, 1.82) is 0 Å². The minimum atomic E-state index is -0.757. The standard InChI is InChI=1S/C12H16O2/c1-12(2,13)11-4-3-9-5-6-14-8-10(9)7-11/h3-4,7,13H,5-6,8H2,1-2H3. The summed E-state index contributed by atoms with van der Waals surface area (Å²) in [6.07, 6.45) is 0.988. The van der Waals surface area contributed by atoms with E-state index in [1.807, 2.05) is 6.07 Å². The van der Waals surface area contributed by atoms with Crippen molar-refractivity contribution in [2.75, 3.05) is 6.61 Å². The highest BCUT2D eigenvalue weighted by Crippen LogP contribution is 2.25. The highest BCUT2D eigenvalue weighted by Gasteiger charge is 2.18. The number of benzene rings is 1. The third kappa shape index (κ3) is 1.81. The van der Waals surface area contributed by atoms with Gasteiger partial charge in [0, 0.05) is 0 Å². The zero-order valence-electron chi connectivity index (χ0n) is 8.71. The summed E-state index contributed by atoms with van der Waals surface area (Å²) in [4.78, 5) is 0. The van der Waals surface area contributed by atoms with Crippen LogP contribution in [0.1, 0.15) is 30.5 Å². The van der Waals surface area contributed by atoms with Crippen LogP contribution in [0.5, 0.6) is 0 Å². The van der Waals surface area contributed by atoms with E-state index < -0.39 is 5.60 Å². The van der Waals surface area contributed by atoms with Gasteiger partial charge in [0.05, 0.1) is 18.8 Å². The van der Waals surface area contributed by atoms with Crippen LogP contribution >= 0.6 is 0 Å². The van der Waals surface area contributed by atoms with E-state index >= 15 is 0 Å². The predicted molar refractivity (Wildman–Crippen MR) is 55.0 cm³/mol. The molecule has 0 amide bonds. The molecule has 1 aliphatic rings. The van der Waals surface area contributed by atoms with Gasteiger partial charge in [-0.15, -0.1) is 0 Å². The fourth-order valence-corrected chi connectivity index (χ4v) is 1.75. The molecular formula is C12H16O2. The first kappa shape index (κ1) is 9.69. The summed E-state index contributed by atoms with van der Waals surface area (Å²) < 4.78 is 5.38. The van der Waals surface area contributed by atoms with Crippen LogP contribution in [0.2, 0.25) is 0 Å². The Morgan fingerprint density at radius 1 is 1.29 bits per heavy atom. The maximum absolute atomic E-state index is 9.85. The molecule has 76 valence electrons. The van der Waals surface area contributed by atoms with Gasteiger partial charge in [-0.3, -0.25) is 0 Å². The average Bonchev–Trinajstić information content (AvgIpc) is 2.16. The van der Waals surface area contributed by atoms with Crippen LogP contribution in [0.25, 0.3) is 0 Å². The minimum absolute atomic E-state index is 0.680. The maximum Gasteiger partial charge on any atom is 0.0840 e. The lowest BCUT2D eigenvalue weighted by atomic mass is 9.93. The lowest BCUT2D eigenvalue weighted by Gasteiger charge is -2.22. The van der Waals surface area contributed by atoms with Crippen LogP contribution < -0.4 is 0 Å². The third-order valence-corrected chi connectivity index (χ3v) is 2.69. The van der Waals surface area contributed by atoms with E-state index in [1.54, 1.807) is 13.8 Å². The largest absolute Gasteiger partial charge is 0.386 e. The molecule has 0 saturated carbocycles. The van der Waals surface area contributed by atoms with Crippen LogP contribution in [-0.2, 0) is 23.4 Å². The monoisotopic (exact) mass is 192 g/mol. The lowest BCUT2D eigenvalue weighted by Crippen LogP contribution is -2.17. The molecule has 2 heteroatoms. The summed E-state index contributed by atoms with van der Waals surface area (Å²) in [5.74, 6) is 0. The molecule has 0 aromatic heterocycles. The van der Waals surface area contributed by atoms with Gasteiger partial charge in [0.1, 0.15) is 0 Å². The number of hydrogen-bond acceptors (Lipinski definition) is 2. The predicted octanol–water partition coefficient (Wildman–Crippen LogP) is 1.99. The summed E-state index contributed by atoms with van der Waals surface area (Å²) >= 11 is 0. The van der Waals surface area contributed by atoms with Crippen molar-refractivity contribution >= 4 is 0 Å². The van der Waals surface area contributed by atoms with Crippen LogP contribution in [0.4, 0.5) is 0 Å². The second kappa shape index (κ2) is 3.37. The highest BCUT2D eigenvalue weighted by atomic mass is 16.5. The molecule has 1 N–H and O–H groups in total. The number of ether oxygens (including phenoxy) is 1. The lowest BCUT2D eigenvalue weighted by molar-refractivity contribution is 0.0773. The second-order valence-corrected chi connectivity index (χ2v) is 4.35. The Balaban J connectivity index is 2.39. The molecular weight excluding hydrogens is 176 g/mol. The van der Waals surface area contributed by atoms with Crippen molar-refractivity contribution in [2.45, 2.75) is 32.5 Å². The molecule has 0 radical (unpaired) electrons. The molecule has 0 unspecified atom stereocenters. The smallest absolute Gasteiger partial charge is 0.0840 e. The van der Waals surface area contributed by atoms with Crippen LogP contribution in [-0.4, -0.2) is 11.7 Å². The molecule has 1 aromatic rings. The first-order valence-electron chi connectivity index (χ1n) is 5.00. The van der Waals surface area contributed by atoms with Gasteiger partial charge in [0.2, 0.25) is 0 Å².